The number of carbonyl (C=O) groups excluding carboxylic acids is 1. The van der Waals surface area contributed by atoms with Crippen LogP contribution in [0.25, 0.3) is 17.1 Å². The molecule has 0 unspecified atom stereocenters. The van der Waals surface area contributed by atoms with E-state index in [0.717, 1.165) is 22.6 Å². The second-order valence-corrected chi connectivity index (χ2v) is 6.93. The normalized spacial score (nSPS) is 10.6. The Morgan fingerprint density at radius 2 is 2.14 bits per heavy atom. The molecule has 140 valence electrons. The van der Waals surface area contributed by atoms with Crippen LogP contribution in [0.15, 0.2) is 60.6 Å². The Bertz CT molecular complexity index is 1100. The fraction of sp³-hybridized carbons (Fsp3) is 0.100. The largest absolute Gasteiger partial charge is 0.496 e. The van der Waals surface area contributed by atoms with Crippen molar-refractivity contribution in [3.63, 3.8) is 0 Å². The number of aryl methyl sites for hydroxylation is 1. The zero-order valence-electron chi connectivity index (χ0n) is 15.3. The summed E-state index contributed by atoms with van der Waals surface area (Å²) in [4.78, 5) is 25.3. The molecule has 0 fully saturated rings. The Labute approximate surface area is 165 Å². The maximum Gasteiger partial charge on any atom is 0.259 e. The third kappa shape index (κ3) is 3.63. The van der Waals surface area contributed by atoms with Crippen LogP contribution in [-0.2, 0) is 0 Å². The van der Waals surface area contributed by atoms with Crippen LogP contribution < -0.4 is 10.1 Å². The molecule has 0 spiro atoms. The second-order valence-electron chi connectivity index (χ2n) is 6.07. The fourth-order valence-electron chi connectivity index (χ4n) is 2.71. The van der Waals surface area contributed by atoms with Gasteiger partial charge >= 0.3 is 0 Å². The van der Waals surface area contributed by atoms with Gasteiger partial charge in [0.25, 0.3) is 5.91 Å². The van der Waals surface area contributed by atoms with Crippen molar-refractivity contribution in [1.82, 2.24) is 19.5 Å². The van der Waals surface area contributed by atoms with Crippen LogP contribution in [0.5, 0.6) is 5.75 Å². The smallest absolute Gasteiger partial charge is 0.259 e. The van der Waals surface area contributed by atoms with Gasteiger partial charge in [-0.15, -0.1) is 11.3 Å². The van der Waals surface area contributed by atoms with Crippen LogP contribution >= 0.6 is 11.3 Å². The Morgan fingerprint density at radius 3 is 2.86 bits per heavy atom. The number of aromatic nitrogens is 4. The summed E-state index contributed by atoms with van der Waals surface area (Å²) in [5.74, 6) is 1.17. The van der Waals surface area contributed by atoms with Gasteiger partial charge in [-0.25, -0.2) is 15.0 Å². The highest BCUT2D eigenvalue weighted by Crippen LogP contribution is 2.33. The minimum absolute atomic E-state index is 0.262. The van der Waals surface area contributed by atoms with Crippen molar-refractivity contribution in [3.05, 3.63) is 71.8 Å². The van der Waals surface area contributed by atoms with Crippen LogP contribution in [0, 0.1) is 6.92 Å². The number of nitrogens with zero attached hydrogens (tertiary/aromatic N) is 4. The first kappa shape index (κ1) is 17.9. The molecule has 0 atom stereocenters. The molecule has 3 heterocycles. The monoisotopic (exact) mass is 391 g/mol. The summed E-state index contributed by atoms with van der Waals surface area (Å²) in [6.45, 7) is 2.01. The average Bonchev–Trinajstić information content (AvgIpc) is 3.40. The topological polar surface area (TPSA) is 81.9 Å². The molecule has 0 bridgehead atoms. The third-order valence-electron chi connectivity index (χ3n) is 4.13. The lowest BCUT2D eigenvalue weighted by molar-refractivity contribution is 0.102. The van der Waals surface area contributed by atoms with Gasteiger partial charge in [0, 0.05) is 29.5 Å². The van der Waals surface area contributed by atoms with Crippen molar-refractivity contribution in [1.29, 1.82) is 0 Å². The molecule has 0 saturated carbocycles. The average molecular weight is 391 g/mol. The van der Waals surface area contributed by atoms with Crippen molar-refractivity contribution in [3.8, 4) is 22.8 Å². The van der Waals surface area contributed by atoms with Crippen molar-refractivity contribution in [2.75, 3.05) is 12.4 Å². The summed E-state index contributed by atoms with van der Waals surface area (Å²) in [7, 11) is 1.63. The maximum absolute atomic E-state index is 12.5. The lowest BCUT2D eigenvalue weighted by Crippen LogP contribution is -2.12. The highest BCUT2D eigenvalue weighted by molar-refractivity contribution is 7.14. The van der Waals surface area contributed by atoms with Crippen molar-refractivity contribution in [2.45, 2.75) is 6.92 Å². The number of nitrogens with one attached hydrogen (secondary N) is 1. The zero-order valence-corrected chi connectivity index (χ0v) is 16.1. The van der Waals surface area contributed by atoms with E-state index in [-0.39, 0.29) is 5.91 Å². The molecule has 0 aliphatic carbocycles. The first-order chi connectivity index (χ1) is 13.6. The molecule has 0 aliphatic rings. The van der Waals surface area contributed by atoms with Gasteiger partial charge < -0.3 is 4.74 Å². The molecule has 1 aromatic carbocycles. The molecule has 0 radical (unpaired) electrons. The van der Waals surface area contributed by atoms with E-state index in [1.165, 1.54) is 17.5 Å². The van der Waals surface area contributed by atoms with Crippen LogP contribution in [0.1, 0.15) is 15.9 Å². The molecule has 8 heteroatoms. The van der Waals surface area contributed by atoms with Gasteiger partial charge in [-0.1, -0.05) is 11.6 Å². The van der Waals surface area contributed by atoms with Crippen molar-refractivity contribution >= 4 is 22.4 Å². The Balaban J connectivity index is 1.51. The number of hydrogen-bond acceptors (Lipinski definition) is 6. The first-order valence-corrected chi connectivity index (χ1v) is 9.38. The molecule has 4 aromatic rings. The number of ether oxygens (including phenoxy) is 1. The van der Waals surface area contributed by atoms with Gasteiger partial charge in [-0.2, -0.15) is 0 Å². The Kier molecular flexibility index (Phi) is 4.86. The van der Waals surface area contributed by atoms with Crippen molar-refractivity contribution in [2.24, 2.45) is 0 Å². The number of hydrogen-bond donors (Lipinski definition) is 1. The number of thiazole rings is 1. The van der Waals surface area contributed by atoms with Gasteiger partial charge in [0.2, 0.25) is 0 Å². The summed E-state index contributed by atoms with van der Waals surface area (Å²) >= 11 is 1.36. The van der Waals surface area contributed by atoms with Crippen LogP contribution in [0.4, 0.5) is 5.13 Å². The van der Waals surface area contributed by atoms with E-state index >= 15 is 0 Å². The summed E-state index contributed by atoms with van der Waals surface area (Å²) in [6.07, 6.45) is 6.64. The highest BCUT2D eigenvalue weighted by atomic mass is 32.1. The van der Waals surface area contributed by atoms with Gasteiger partial charge in [0.1, 0.15) is 17.9 Å². The summed E-state index contributed by atoms with van der Waals surface area (Å²) in [5.41, 5.74) is 3.22. The van der Waals surface area contributed by atoms with E-state index in [0.29, 0.717) is 16.5 Å². The number of imidazole rings is 1. The standard InChI is InChI=1S/C20H17N5O2S/c1-13-3-5-17(27-2)15(9-13)16-11-28-20(23-16)24-19(26)14-4-6-18(22-10-14)25-8-7-21-12-25/h3-12H,1-2H3,(H,23,24,26). The molecule has 0 saturated heterocycles. The quantitative estimate of drug-likeness (QED) is 0.557. The van der Waals surface area contributed by atoms with Gasteiger partial charge in [-0.3, -0.25) is 14.7 Å². The first-order valence-electron chi connectivity index (χ1n) is 8.50. The molecule has 0 aliphatic heterocycles. The van der Waals surface area contributed by atoms with Gasteiger partial charge in [0.05, 0.1) is 18.4 Å². The summed E-state index contributed by atoms with van der Waals surface area (Å²) in [6, 6.07) is 9.39. The summed E-state index contributed by atoms with van der Waals surface area (Å²) in [5, 5.41) is 5.24. The fourth-order valence-corrected chi connectivity index (χ4v) is 3.42. The van der Waals surface area contributed by atoms with E-state index in [1.807, 2.05) is 30.5 Å². The maximum atomic E-state index is 12.5. The molecular weight excluding hydrogens is 374 g/mol. The third-order valence-corrected chi connectivity index (χ3v) is 4.89. The minimum atomic E-state index is -0.262. The second kappa shape index (κ2) is 7.61. The number of benzene rings is 1. The van der Waals surface area contributed by atoms with Crippen molar-refractivity contribution < 1.29 is 9.53 Å². The number of rotatable bonds is 5. The Hall–Kier alpha value is -3.52. The number of carbonyl (C=O) groups is 1. The minimum Gasteiger partial charge on any atom is -0.496 e. The number of pyridine rings is 1. The number of anilines is 1. The number of methoxy groups -OCH3 is 1. The molecule has 1 amide bonds. The molecule has 3 aromatic heterocycles. The molecule has 7 nitrogen and oxygen atoms in total. The molecule has 28 heavy (non-hydrogen) atoms. The van der Waals surface area contributed by atoms with Crippen LogP contribution in [-0.4, -0.2) is 32.5 Å². The van der Waals surface area contributed by atoms with Gasteiger partial charge in [-0.05, 0) is 31.2 Å². The van der Waals surface area contributed by atoms with Crippen LogP contribution in [0.3, 0.4) is 0 Å². The molecule has 4 rings (SSSR count). The van der Waals surface area contributed by atoms with E-state index in [9.17, 15) is 4.79 Å². The lowest BCUT2D eigenvalue weighted by atomic mass is 10.1. The molecular formula is C20H17N5O2S. The Morgan fingerprint density at radius 1 is 1.25 bits per heavy atom. The SMILES string of the molecule is COc1ccc(C)cc1-c1csc(NC(=O)c2ccc(-n3ccnc3)nc2)n1. The predicted molar refractivity (Wildman–Crippen MR) is 108 cm³/mol. The van der Waals surface area contributed by atoms with E-state index in [1.54, 1.807) is 42.5 Å². The van der Waals surface area contributed by atoms with E-state index in [4.69, 9.17) is 4.74 Å². The van der Waals surface area contributed by atoms with E-state index < -0.39 is 0 Å². The van der Waals surface area contributed by atoms with E-state index in [2.05, 4.69) is 20.3 Å². The highest BCUT2D eigenvalue weighted by Gasteiger charge is 2.13. The zero-order chi connectivity index (χ0) is 19.5. The number of amides is 1. The lowest BCUT2D eigenvalue weighted by Gasteiger charge is -2.07. The summed E-state index contributed by atoms with van der Waals surface area (Å²) < 4.78 is 7.19. The van der Waals surface area contributed by atoms with Crippen LogP contribution in [0.2, 0.25) is 0 Å². The predicted octanol–water partition coefficient (Wildman–Crippen LogP) is 3.96. The molecule has 1 N–H and O–H groups in total. The van der Waals surface area contributed by atoms with Gasteiger partial charge in [0.15, 0.2) is 5.13 Å².